The molecule has 2 aromatic heterocycles. The van der Waals surface area contributed by atoms with Gasteiger partial charge in [0, 0.05) is 13.6 Å². The number of ether oxygens (including phenoxy) is 1. The number of benzene rings is 1. The van der Waals surface area contributed by atoms with Crippen LogP contribution in [0.4, 0.5) is 11.6 Å². The van der Waals surface area contributed by atoms with Gasteiger partial charge in [-0.05, 0) is 26.0 Å². The van der Waals surface area contributed by atoms with Gasteiger partial charge in [0.2, 0.25) is 5.95 Å². The fraction of sp³-hybridized carbons (Fsp3) is 0.312. The molecule has 0 aliphatic heterocycles. The summed E-state index contributed by atoms with van der Waals surface area (Å²) in [7, 11) is 3.36. The molecule has 0 saturated carbocycles. The molecule has 0 spiro atoms. The molecule has 3 rings (SSSR count). The van der Waals surface area contributed by atoms with E-state index in [9.17, 15) is 4.79 Å². The number of fused-ring (bicyclic) bond motifs is 1. The van der Waals surface area contributed by atoms with Crippen LogP contribution in [0.3, 0.4) is 0 Å². The summed E-state index contributed by atoms with van der Waals surface area (Å²) in [5.74, 6) is 1.16. The molecule has 0 bridgehead atoms. The number of rotatable bonds is 4. The summed E-state index contributed by atoms with van der Waals surface area (Å²) in [5, 5.41) is 7.50. The topological polar surface area (TPSA) is 74.0 Å². The highest BCUT2D eigenvalue weighted by atomic mass is 16.5. The van der Waals surface area contributed by atoms with Crippen molar-refractivity contribution in [2.45, 2.75) is 20.4 Å². The zero-order valence-corrected chi connectivity index (χ0v) is 13.6. The molecule has 0 fully saturated rings. The zero-order chi connectivity index (χ0) is 16.6. The van der Waals surface area contributed by atoms with Crippen LogP contribution in [0.25, 0.3) is 11.0 Å². The molecule has 0 amide bonds. The second-order valence-electron chi connectivity index (χ2n) is 5.22. The minimum absolute atomic E-state index is 0.113. The zero-order valence-electron chi connectivity index (χ0n) is 13.6. The van der Waals surface area contributed by atoms with Crippen LogP contribution in [-0.2, 0) is 13.6 Å². The van der Waals surface area contributed by atoms with Crippen LogP contribution in [-0.4, -0.2) is 26.4 Å². The van der Waals surface area contributed by atoms with Crippen molar-refractivity contribution in [3.8, 4) is 5.75 Å². The Hall–Kier alpha value is -2.83. The van der Waals surface area contributed by atoms with E-state index in [0.717, 1.165) is 11.4 Å². The SMILES string of the molecule is CCn1c(Nc2ccccc2OC)nc2c(C)nn(C)c2c1=O. The first-order valence-corrected chi connectivity index (χ1v) is 7.41. The van der Waals surface area contributed by atoms with Gasteiger partial charge in [-0.1, -0.05) is 12.1 Å². The van der Waals surface area contributed by atoms with Crippen LogP contribution in [0.1, 0.15) is 12.6 Å². The van der Waals surface area contributed by atoms with Gasteiger partial charge in [-0.25, -0.2) is 4.98 Å². The Kier molecular flexibility index (Phi) is 3.77. The van der Waals surface area contributed by atoms with Crippen molar-refractivity contribution in [3.63, 3.8) is 0 Å². The third-order valence-electron chi connectivity index (χ3n) is 3.78. The largest absolute Gasteiger partial charge is 0.495 e. The Labute approximate surface area is 133 Å². The normalized spacial score (nSPS) is 11.0. The Bertz CT molecular complexity index is 926. The lowest BCUT2D eigenvalue weighted by molar-refractivity contribution is 0.416. The van der Waals surface area contributed by atoms with E-state index in [-0.39, 0.29) is 5.56 Å². The van der Waals surface area contributed by atoms with E-state index in [4.69, 9.17) is 4.74 Å². The standard InChI is InChI=1S/C16H19N5O2/c1-5-21-15(22)14-13(10(2)19-20(14)3)18-16(21)17-11-8-6-7-9-12(11)23-4/h6-9H,5H2,1-4H3,(H,17,18). The molecule has 0 radical (unpaired) electrons. The highest BCUT2D eigenvalue weighted by molar-refractivity contribution is 5.78. The summed E-state index contributed by atoms with van der Waals surface area (Å²) in [4.78, 5) is 17.4. The minimum atomic E-state index is -0.113. The quantitative estimate of drug-likeness (QED) is 0.799. The number of nitrogens with one attached hydrogen (secondary N) is 1. The van der Waals surface area contributed by atoms with Gasteiger partial charge < -0.3 is 10.1 Å². The van der Waals surface area contributed by atoms with Crippen LogP contribution in [0.2, 0.25) is 0 Å². The van der Waals surface area contributed by atoms with Gasteiger partial charge in [-0.3, -0.25) is 14.0 Å². The second kappa shape index (κ2) is 5.75. The van der Waals surface area contributed by atoms with Crippen molar-refractivity contribution < 1.29 is 4.74 Å². The fourth-order valence-electron chi connectivity index (χ4n) is 2.67. The number of para-hydroxylation sites is 2. The van der Waals surface area contributed by atoms with Crippen LogP contribution in [0, 0.1) is 6.92 Å². The van der Waals surface area contributed by atoms with E-state index >= 15 is 0 Å². The molecule has 3 aromatic rings. The first kappa shape index (κ1) is 15.1. The molecule has 0 saturated heterocycles. The molecule has 0 aliphatic carbocycles. The van der Waals surface area contributed by atoms with Gasteiger partial charge in [-0.15, -0.1) is 0 Å². The lowest BCUT2D eigenvalue weighted by Gasteiger charge is -2.14. The highest BCUT2D eigenvalue weighted by Crippen LogP contribution is 2.26. The van der Waals surface area contributed by atoms with Gasteiger partial charge in [0.05, 0.1) is 18.5 Å². The molecule has 7 nitrogen and oxygen atoms in total. The summed E-state index contributed by atoms with van der Waals surface area (Å²) in [6.45, 7) is 4.26. The molecule has 7 heteroatoms. The van der Waals surface area contributed by atoms with E-state index in [1.165, 1.54) is 0 Å². The van der Waals surface area contributed by atoms with E-state index in [1.807, 2.05) is 38.1 Å². The van der Waals surface area contributed by atoms with Crippen molar-refractivity contribution in [1.29, 1.82) is 0 Å². The number of hydrogen-bond donors (Lipinski definition) is 1. The number of anilines is 2. The summed E-state index contributed by atoms with van der Waals surface area (Å²) >= 11 is 0. The molecule has 1 aromatic carbocycles. The lowest BCUT2D eigenvalue weighted by Crippen LogP contribution is -2.24. The van der Waals surface area contributed by atoms with E-state index < -0.39 is 0 Å². The highest BCUT2D eigenvalue weighted by Gasteiger charge is 2.17. The van der Waals surface area contributed by atoms with Crippen LogP contribution in [0.15, 0.2) is 29.1 Å². The molecule has 2 heterocycles. The molecular formula is C16H19N5O2. The van der Waals surface area contributed by atoms with Crippen molar-refractivity contribution in [2.24, 2.45) is 7.05 Å². The average molecular weight is 313 g/mol. The van der Waals surface area contributed by atoms with E-state index in [1.54, 1.807) is 23.4 Å². The average Bonchev–Trinajstić information content (AvgIpc) is 2.82. The van der Waals surface area contributed by atoms with Gasteiger partial charge in [0.1, 0.15) is 11.3 Å². The maximum absolute atomic E-state index is 12.8. The van der Waals surface area contributed by atoms with Crippen LogP contribution < -0.4 is 15.6 Å². The molecule has 0 unspecified atom stereocenters. The Morgan fingerprint density at radius 1 is 1.30 bits per heavy atom. The molecular weight excluding hydrogens is 294 g/mol. The van der Waals surface area contributed by atoms with Crippen molar-refractivity contribution in [3.05, 3.63) is 40.3 Å². The molecule has 0 atom stereocenters. The first-order valence-electron chi connectivity index (χ1n) is 7.41. The molecule has 1 N–H and O–H groups in total. The summed E-state index contributed by atoms with van der Waals surface area (Å²) in [6.07, 6.45) is 0. The number of aryl methyl sites for hydroxylation is 2. The summed E-state index contributed by atoms with van der Waals surface area (Å²) in [6, 6.07) is 7.52. The van der Waals surface area contributed by atoms with Crippen molar-refractivity contribution in [2.75, 3.05) is 12.4 Å². The van der Waals surface area contributed by atoms with E-state index in [2.05, 4.69) is 15.4 Å². The Balaban J connectivity index is 2.21. The molecule has 23 heavy (non-hydrogen) atoms. The fourth-order valence-corrected chi connectivity index (χ4v) is 2.67. The predicted molar refractivity (Wildman–Crippen MR) is 89.5 cm³/mol. The number of methoxy groups -OCH3 is 1. The Morgan fingerprint density at radius 3 is 2.74 bits per heavy atom. The lowest BCUT2D eigenvalue weighted by atomic mass is 10.3. The predicted octanol–water partition coefficient (Wildman–Crippen LogP) is 2.21. The van der Waals surface area contributed by atoms with Gasteiger partial charge in [-0.2, -0.15) is 5.10 Å². The minimum Gasteiger partial charge on any atom is -0.495 e. The van der Waals surface area contributed by atoms with Crippen molar-refractivity contribution >= 4 is 22.7 Å². The van der Waals surface area contributed by atoms with Gasteiger partial charge in [0.15, 0.2) is 5.52 Å². The van der Waals surface area contributed by atoms with Crippen LogP contribution >= 0.6 is 0 Å². The number of aromatic nitrogens is 4. The molecule has 120 valence electrons. The number of nitrogens with zero attached hydrogens (tertiary/aromatic N) is 4. The van der Waals surface area contributed by atoms with Crippen LogP contribution in [0.5, 0.6) is 5.75 Å². The summed E-state index contributed by atoms with van der Waals surface area (Å²) < 4.78 is 8.52. The molecule has 0 aliphatic rings. The monoisotopic (exact) mass is 313 g/mol. The second-order valence-corrected chi connectivity index (χ2v) is 5.22. The van der Waals surface area contributed by atoms with Gasteiger partial charge in [0.25, 0.3) is 5.56 Å². The van der Waals surface area contributed by atoms with E-state index in [0.29, 0.717) is 29.3 Å². The smallest absolute Gasteiger partial charge is 0.281 e. The third-order valence-corrected chi connectivity index (χ3v) is 3.78. The first-order chi connectivity index (χ1) is 11.1. The maximum Gasteiger partial charge on any atom is 0.281 e. The third kappa shape index (κ3) is 2.44. The number of hydrogen-bond acceptors (Lipinski definition) is 5. The Morgan fingerprint density at radius 2 is 2.04 bits per heavy atom. The maximum atomic E-state index is 12.8. The van der Waals surface area contributed by atoms with Crippen molar-refractivity contribution in [1.82, 2.24) is 19.3 Å². The summed E-state index contributed by atoms with van der Waals surface area (Å²) in [5.41, 5.74) is 2.49. The van der Waals surface area contributed by atoms with Gasteiger partial charge >= 0.3 is 0 Å².